The zero-order valence-corrected chi connectivity index (χ0v) is 14.7. The van der Waals surface area contributed by atoms with Gasteiger partial charge in [-0.05, 0) is 55.7 Å². The second kappa shape index (κ2) is 6.40. The number of carbonyl (C=O) groups is 1. The van der Waals surface area contributed by atoms with E-state index in [4.69, 9.17) is 0 Å². The minimum absolute atomic E-state index is 0.0263. The molecule has 24 heavy (non-hydrogen) atoms. The Balaban J connectivity index is 2.04. The minimum Gasteiger partial charge on any atom is -0.304 e. The van der Waals surface area contributed by atoms with Crippen LogP contribution < -0.4 is 4.90 Å². The van der Waals surface area contributed by atoms with Gasteiger partial charge in [0.25, 0.3) is 5.91 Å². The van der Waals surface area contributed by atoms with Crippen LogP contribution in [0.3, 0.4) is 0 Å². The molecule has 0 N–H and O–H groups in total. The number of amides is 1. The summed E-state index contributed by atoms with van der Waals surface area (Å²) >= 11 is 0. The van der Waals surface area contributed by atoms with Crippen LogP contribution in [0.25, 0.3) is 0 Å². The summed E-state index contributed by atoms with van der Waals surface area (Å²) in [6.45, 7) is 4.01. The van der Waals surface area contributed by atoms with Crippen molar-refractivity contribution in [2.24, 2.45) is 0 Å². The zero-order valence-electron chi connectivity index (χ0n) is 13.9. The Bertz CT molecular complexity index is 859. The Morgan fingerprint density at radius 1 is 1.04 bits per heavy atom. The van der Waals surface area contributed by atoms with E-state index in [1.165, 1.54) is 0 Å². The highest BCUT2D eigenvalue weighted by atomic mass is 32.2. The van der Waals surface area contributed by atoms with Crippen molar-refractivity contribution in [2.45, 2.75) is 26.3 Å². The Kier molecular flexibility index (Phi) is 4.45. The molecule has 2 aromatic rings. The lowest BCUT2D eigenvalue weighted by Crippen LogP contribution is -2.41. The number of sulfone groups is 1. The fourth-order valence-electron chi connectivity index (χ4n) is 3.07. The monoisotopic (exact) mass is 343 g/mol. The van der Waals surface area contributed by atoms with Gasteiger partial charge in [-0.1, -0.05) is 24.3 Å². The van der Waals surface area contributed by atoms with E-state index >= 15 is 0 Å². The first kappa shape index (κ1) is 16.7. The van der Waals surface area contributed by atoms with Crippen molar-refractivity contribution in [2.75, 3.05) is 16.4 Å². The van der Waals surface area contributed by atoms with E-state index in [2.05, 4.69) is 0 Å². The van der Waals surface area contributed by atoms with Gasteiger partial charge >= 0.3 is 0 Å². The van der Waals surface area contributed by atoms with E-state index in [0.717, 1.165) is 16.8 Å². The van der Waals surface area contributed by atoms with Gasteiger partial charge in [-0.3, -0.25) is 4.79 Å². The summed E-state index contributed by atoms with van der Waals surface area (Å²) < 4.78 is 23.8. The molecule has 1 amide bonds. The summed E-state index contributed by atoms with van der Waals surface area (Å²) in [5, 5.41) is 0. The summed E-state index contributed by atoms with van der Waals surface area (Å²) in [5.74, 6) is 0.0144. The molecule has 126 valence electrons. The van der Waals surface area contributed by atoms with Gasteiger partial charge in [0, 0.05) is 11.3 Å². The third kappa shape index (κ3) is 3.36. The number of hydrogen-bond acceptors (Lipinski definition) is 3. The summed E-state index contributed by atoms with van der Waals surface area (Å²) in [6, 6.07) is 14.5. The molecular formula is C19H21NO3S. The van der Waals surface area contributed by atoms with Crippen LogP contribution >= 0.6 is 0 Å². The molecule has 4 nitrogen and oxygen atoms in total. The fraction of sp³-hybridized carbons (Fsp3) is 0.316. The van der Waals surface area contributed by atoms with Gasteiger partial charge in [0.1, 0.15) is 0 Å². The highest BCUT2D eigenvalue weighted by Crippen LogP contribution is 2.28. The normalized spacial score (nSPS) is 19.2. The molecular weight excluding hydrogens is 322 g/mol. The number of nitrogens with zero attached hydrogens (tertiary/aromatic N) is 1. The lowest BCUT2D eigenvalue weighted by Gasteiger charge is -2.29. The number of rotatable bonds is 3. The number of anilines is 1. The Hall–Kier alpha value is -2.14. The SMILES string of the molecule is Cc1ccc(N(C(=O)c2ccccc2)[C@@H]2CCS(=O)(=O)C2)cc1C. The molecule has 0 aliphatic carbocycles. The van der Waals surface area contributed by atoms with Crippen LogP contribution in [-0.2, 0) is 9.84 Å². The molecule has 1 atom stereocenters. The molecule has 0 bridgehead atoms. The molecule has 0 unspecified atom stereocenters. The van der Waals surface area contributed by atoms with Crippen LogP contribution in [-0.4, -0.2) is 31.9 Å². The van der Waals surface area contributed by atoms with Gasteiger partial charge in [-0.15, -0.1) is 0 Å². The van der Waals surface area contributed by atoms with E-state index in [1.807, 2.05) is 50.2 Å². The lowest BCUT2D eigenvalue weighted by atomic mass is 10.1. The first-order valence-electron chi connectivity index (χ1n) is 8.04. The van der Waals surface area contributed by atoms with Gasteiger partial charge in [0.2, 0.25) is 0 Å². The van der Waals surface area contributed by atoms with E-state index in [-0.39, 0.29) is 23.5 Å². The van der Waals surface area contributed by atoms with Crippen LogP contribution in [0.4, 0.5) is 5.69 Å². The molecule has 1 saturated heterocycles. The smallest absolute Gasteiger partial charge is 0.258 e. The molecule has 1 fully saturated rings. The van der Waals surface area contributed by atoms with E-state index < -0.39 is 9.84 Å². The zero-order chi connectivity index (χ0) is 17.3. The maximum Gasteiger partial charge on any atom is 0.258 e. The van der Waals surface area contributed by atoms with Crippen molar-refractivity contribution < 1.29 is 13.2 Å². The maximum absolute atomic E-state index is 13.1. The summed E-state index contributed by atoms with van der Waals surface area (Å²) in [7, 11) is -3.08. The standard InChI is InChI=1S/C19H21NO3S/c1-14-8-9-17(12-15(14)2)20(18-10-11-24(22,23)13-18)19(21)16-6-4-3-5-7-16/h3-9,12,18H,10-11,13H2,1-2H3/t18-/m1/s1. The van der Waals surface area contributed by atoms with E-state index in [0.29, 0.717) is 12.0 Å². The average molecular weight is 343 g/mol. The average Bonchev–Trinajstić information content (AvgIpc) is 2.91. The fourth-order valence-corrected chi connectivity index (χ4v) is 4.77. The molecule has 1 heterocycles. The third-order valence-corrected chi connectivity index (χ3v) is 6.33. The quantitative estimate of drug-likeness (QED) is 0.860. The number of benzene rings is 2. The first-order chi connectivity index (χ1) is 11.4. The predicted octanol–water partition coefficient (Wildman–Crippen LogP) is 3.14. The van der Waals surface area contributed by atoms with E-state index in [9.17, 15) is 13.2 Å². The van der Waals surface area contributed by atoms with Crippen molar-refractivity contribution in [3.8, 4) is 0 Å². The second-order valence-corrected chi connectivity index (χ2v) is 8.60. The summed E-state index contributed by atoms with van der Waals surface area (Å²) in [5.41, 5.74) is 3.55. The van der Waals surface area contributed by atoms with Crippen molar-refractivity contribution in [1.82, 2.24) is 0 Å². The first-order valence-corrected chi connectivity index (χ1v) is 9.86. The molecule has 3 rings (SSSR count). The third-order valence-electron chi connectivity index (χ3n) is 4.58. The summed E-state index contributed by atoms with van der Waals surface area (Å²) in [4.78, 5) is 14.7. The Morgan fingerprint density at radius 3 is 2.33 bits per heavy atom. The van der Waals surface area contributed by atoms with Crippen LogP contribution in [0.1, 0.15) is 27.9 Å². The molecule has 0 radical (unpaired) electrons. The van der Waals surface area contributed by atoms with Gasteiger partial charge in [-0.25, -0.2) is 8.42 Å². The van der Waals surface area contributed by atoms with Gasteiger partial charge < -0.3 is 4.90 Å². The Morgan fingerprint density at radius 2 is 1.75 bits per heavy atom. The highest BCUT2D eigenvalue weighted by molar-refractivity contribution is 7.91. The number of aryl methyl sites for hydroxylation is 2. The van der Waals surface area contributed by atoms with Crippen LogP contribution in [0.15, 0.2) is 48.5 Å². The van der Waals surface area contributed by atoms with Crippen molar-refractivity contribution in [3.63, 3.8) is 0 Å². The number of hydrogen-bond donors (Lipinski definition) is 0. The molecule has 1 aliphatic rings. The predicted molar refractivity (Wildman–Crippen MR) is 96.2 cm³/mol. The van der Waals surface area contributed by atoms with Crippen molar-refractivity contribution in [3.05, 3.63) is 65.2 Å². The van der Waals surface area contributed by atoms with Gasteiger partial charge in [0.15, 0.2) is 9.84 Å². The van der Waals surface area contributed by atoms with Crippen molar-refractivity contribution >= 4 is 21.4 Å². The highest BCUT2D eigenvalue weighted by Gasteiger charge is 2.36. The maximum atomic E-state index is 13.1. The summed E-state index contributed by atoms with van der Waals surface area (Å²) in [6.07, 6.45) is 0.480. The minimum atomic E-state index is -3.08. The molecule has 2 aromatic carbocycles. The van der Waals surface area contributed by atoms with Gasteiger partial charge in [-0.2, -0.15) is 0 Å². The molecule has 0 spiro atoms. The number of carbonyl (C=O) groups excluding carboxylic acids is 1. The molecule has 5 heteroatoms. The van der Waals surface area contributed by atoms with Crippen LogP contribution in [0, 0.1) is 13.8 Å². The molecule has 0 saturated carbocycles. The molecule has 1 aliphatic heterocycles. The largest absolute Gasteiger partial charge is 0.304 e. The topological polar surface area (TPSA) is 54.5 Å². The second-order valence-electron chi connectivity index (χ2n) is 6.37. The Labute approximate surface area is 143 Å². The lowest BCUT2D eigenvalue weighted by molar-refractivity contribution is 0.0979. The van der Waals surface area contributed by atoms with Crippen LogP contribution in [0.2, 0.25) is 0 Å². The van der Waals surface area contributed by atoms with Crippen LogP contribution in [0.5, 0.6) is 0 Å². The van der Waals surface area contributed by atoms with Gasteiger partial charge in [0.05, 0.1) is 17.5 Å². The van der Waals surface area contributed by atoms with Crippen molar-refractivity contribution in [1.29, 1.82) is 0 Å². The molecule has 0 aromatic heterocycles. The van der Waals surface area contributed by atoms with E-state index in [1.54, 1.807) is 17.0 Å².